The summed E-state index contributed by atoms with van der Waals surface area (Å²) in [5.41, 5.74) is 8.20. The van der Waals surface area contributed by atoms with Crippen LogP contribution in [0.15, 0.2) is 48.7 Å². The highest BCUT2D eigenvalue weighted by molar-refractivity contribution is 6.33. The number of amides is 2. The summed E-state index contributed by atoms with van der Waals surface area (Å²) in [6.45, 7) is 2.48. The molecular weight excluding hydrogens is 518 g/mol. The minimum atomic E-state index is -0.271. The fourth-order valence-corrected chi connectivity index (χ4v) is 5.14. The number of benzene rings is 2. The summed E-state index contributed by atoms with van der Waals surface area (Å²) in [6.07, 6.45) is 5.61. The van der Waals surface area contributed by atoms with Crippen LogP contribution in [-0.4, -0.2) is 67.7 Å². The molecule has 39 heavy (non-hydrogen) atoms. The standard InChI is InChI=1S/C29H36ClN5O4/c1-38-26-17-22(31)21(30)16-20(26)29(37)34-25-12-15-35(18-27(25)39-2)14-5-3-4-11-28(36)33-24-10-6-9-23-19(24)8-7-13-32-23/h6-10,13,16-17,25,27H,3-5,11-12,14-15,18,31H2,1-2H3,(H,33,36)(H,34,37)/t25-,27+/m1/s1. The first kappa shape index (κ1) is 28.6. The fourth-order valence-electron chi connectivity index (χ4n) is 4.97. The van der Waals surface area contributed by atoms with Gasteiger partial charge >= 0.3 is 0 Å². The molecule has 2 aromatic carbocycles. The van der Waals surface area contributed by atoms with Gasteiger partial charge in [-0.1, -0.05) is 24.1 Å². The van der Waals surface area contributed by atoms with E-state index in [-0.39, 0.29) is 24.0 Å². The van der Waals surface area contributed by atoms with Crippen molar-refractivity contribution in [2.45, 2.75) is 44.2 Å². The van der Waals surface area contributed by atoms with E-state index in [1.807, 2.05) is 30.3 Å². The van der Waals surface area contributed by atoms with Gasteiger partial charge in [0.2, 0.25) is 5.91 Å². The van der Waals surface area contributed by atoms with Crippen LogP contribution in [0.1, 0.15) is 42.5 Å². The number of methoxy groups -OCH3 is 2. The molecule has 10 heteroatoms. The van der Waals surface area contributed by atoms with Gasteiger partial charge in [-0.05, 0) is 56.1 Å². The molecule has 208 valence electrons. The fraction of sp³-hybridized carbons (Fsp3) is 0.414. The van der Waals surface area contributed by atoms with Crippen LogP contribution in [0.4, 0.5) is 11.4 Å². The van der Waals surface area contributed by atoms with Crippen molar-refractivity contribution in [3.05, 3.63) is 59.2 Å². The third-order valence-electron chi connectivity index (χ3n) is 7.12. The number of pyridine rings is 1. The quantitative estimate of drug-likeness (QED) is 0.236. The Morgan fingerprint density at radius 3 is 2.79 bits per heavy atom. The van der Waals surface area contributed by atoms with Crippen LogP contribution in [0.3, 0.4) is 0 Å². The van der Waals surface area contributed by atoms with E-state index in [2.05, 4.69) is 20.5 Å². The van der Waals surface area contributed by atoms with E-state index in [1.54, 1.807) is 19.4 Å². The lowest BCUT2D eigenvalue weighted by Crippen LogP contribution is -2.54. The molecule has 1 fully saturated rings. The Bertz CT molecular complexity index is 1300. The largest absolute Gasteiger partial charge is 0.496 e. The van der Waals surface area contributed by atoms with Gasteiger partial charge in [0.25, 0.3) is 5.91 Å². The molecule has 2 heterocycles. The summed E-state index contributed by atoms with van der Waals surface area (Å²) in [7, 11) is 3.16. The summed E-state index contributed by atoms with van der Waals surface area (Å²) >= 11 is 6.13. The molecule has 1 aliphatic heterocycles. The minimum Gasteiger partial charge on any atom is -0.496 e. The average molecular weight is 554 g/mol. The number of hydrogen-bond acceptors (Lipinski definition) is 7. The molecule has 1 aliphatic rings. The highest BCUT2D eigenvalue weighted by Gasteiger charge is 2.31. The predicted octanol–water partition coefficient (Wildman–Crippen LogP) is 4.50. The number of likely N-dealkylation sites (tertiary alicyclic amines) is 1. The number of nitrogens with two attached hydrogens (primary N) is 1. The van der Waals surface area contributed by atoms with E-state index < -0.39 is 0 Å². The number of piperidine rings is 1. The zero-order valence-electron chi connectivity index (χ0n) is 22.4. The Morgan fingerprint density at radius 2 is 2.00 bits per heavy atom. The van der Waals surface area contributed by atoms with Crippen molar-refractivity contribution in [1.82, 2.24) is 15.2 Å². The van der Waals surface area contributed by atoms with Gasteiger partial charge in [0.15, 0.2) is 0 Å². The molecule has 1 saturated heterocycles. The number of anilines is 2. The van der Waals surface area contributed by atoms with Gasteiger partial charge in [0, 0.05) is 44.3 Å². The summed E-state index contributed by atoms with van der Waals surface area (Å²) in [5, 5.41) is 7.35. The Hall–Kier alpha value is -3.40. The number of ether oxygens (including phenoxy) is 2. The van der Waals surface area contributed by atoms with E-state index in [1.165, 1.54) is 13.2 Å². The molecular formula is C29H36ClN5O4. The number of nitrogens with one attached hydrogen (secondary N) is 2. The molecule has 4 rings (SSSR count). The lowest BCUT2D eigenvalue weighted by atomic mass is 10.00. The maximum Gasteiger partial charge on any atom is 0.255 e. The summed E-state index contributed by atoms with van der Waals surface area (Å²) in [4.78, 5) is 32.2. The molecule has 1 aromatic heterocycles. The van der Waals surface area contributed by atoms with E-state index in [0.29, 0.717) is 28.4 Å². The number of carbonyl (C=O) groups excluding carboxylic acids is 2. The summed E-state index contributed by atoms with van der Waals surface area (Å²) in [6, 6.07) is 12.5. The molecule has 0 radical (unpaired) electrons. The second kappa shape index (κ2) is 13.6. The van der Waals surface area contributed by atoms with Crippen molar-refractivity contribution >= 4 is 45.7 Å². The van der Waals surface area contributed by atoms with Gasteiger partial charge in [-0.15, -0.1) is 0 Å². The Morgan fingerprint density at radius 1 is 1.15 bits per heavy atom. The Kier molecular flexibility index (Phi) is 9.97. The summed E-state index contributed by atoms with van der Waals surface area (Å²) in [5.74, 6) is 0.122. The van der Waals surface area contributed by atoms with Crippen LogP contribution in [-0.2, 0) is 9.53 Å². The van der Waals surface area contributed by atoms with Gasteiger partial charge in [-0.25, -0.2) is 0 Å². The van der Waals surface area contributed by atoms with Crippen molar-refractivity contribution < 1.29 is 19.1 Å². The molecule has 2 amide bonds. The number of fused-ring (bicyclic) bond motifs is 1. The van der Waals surface area contributed by atoms with Gasteiger partial charge in [-0.3, -0.25) is 14.6 Å². The lowest BCUT2D eigenvalue weighted by Gasteiger charge is -2.38. The maximum absolute atomic E-state index is 13.0. The zero-order chi connectivity index (χ0) is 27.8. The van der Waals surface area contributed by atoms with Crippen LogP contribution >= 0.6 is 11.6 Å². The smallest absolute Gasteiger partial charge is 0.255 e. The van der Waals surface area contributed by atoms with Gasteiger partial charge < -0.3 is 30.7 Å². The molecule has 4 N–H and O–H groups in total. The Balaban J connectivity index is 1.19. The number of nitrogen functional groups attached to an aromatic ring is 1. The van der Waals surface area contributed by atoms with Gasteiger partial charge in [0.05, 0.1) is 46.7 Å². The minimum absolute atomic E-state index is 0.0152. The van der Waals surface area contributed by atoms with Crippen molar-refractivity contribution in [2.75, 3.05) is 44.9 Å². The molecule has 2 atom stereocenters. The monoisotopic (exact) mass is 553 g/mol. The normalized spacial score (nSPS) is 17.6. The highest BCUT2D eigenvalue weighted by atomic mass is 35.5. The Labute approximate surface area is 234 Å². The third kappa shape index (κ3) is 7.38. The molecule has 0 spiro atoms. The third-order valence-corrected chi connectivity index (χ3v) is 7.45. The molecule has 3 aromatic rings. The van der Waals surface area contributed by atoms with Crippen LogP contribution < -0.4 is 21.1 Å². The molecule has 0 saturated carbocycles. The molecule has 0 unspecified atom stereocenters. The number of nitrogens with zero attached hydrogens (tertiary/aromatic N) is 2. The second-order valence-corrected chi connectivity index (χ2v) is 10.2. The van der Waals surface area contributed by atoms with Crippen molar-refractivity contribution in [3.63, 3.8) is 0 Å². The maximum atomic E-state index is 13.0. The molecule has 9 nitrogen and oxygen atoms in total. The number of aromatic nitrogens is 1. The van der Waals surface area contributed by atoms with Gasteiger partial charge in [0.1, 0.15) is 5.75 Å². The first-order valence-corrected chi connectivity index (χ1v) is 13.6. The van der Waals surface area contributed by atoms with E-state index in [0.717, 1.165) is 61.9 Å². The number of carbonyl (C=O) groups is 2. The SMILES string of the molecule is COc1cc(N)c(Cl)cc1C(=O)N[C@@H]1CCN(CCCCCC(=O)Nc2cccc3ncccc23)C[C@@H]1OC. The van der Waals surface area contributed by atoms with Crippen LogP contribution in [0.5, 0.6) is 5.75 Å². The van der Waals surface area contributed by atoms with Crippen LogP contribution in [0, 0.1) is 0 Å². The van der Waals surface area contributed by atoms with E-state index in [4.69, 9.17) is 26.8 Å². The predicted molar refractivity (Wildman–Crippen MR) is 154 cm³/mol. The molecule has 0 bridgehead atoms. The topological polar surface area (TPSA) is 119 Å². The number of halogens is 1. The number of unbranched alkanes of at least 4 members (excludes halogenated alkanes) is 2. The average Bonchev–Trinajstić information content (AvgIpc) is 2.94. The first-order chi connectivity index (χ1) is 18.9. The van der Waals surface area contributed by atoms with Crippen molar-refractivity contribution in [1.29, 1.82) is 0 Å². The van der Waals surface area contributed by atoms with Gasteiger partial charge in [-0.2, -0.15) is 0 Å². The van der Waals surface area contributed by atoms with Crippen LogP contribution in [0.25, 0.3) is 10.9 Å². The van der Waals surface area contributed by atoms with Crippen LogP contribution in [0.2, 0.25) is 5.02 Å². The summed E-state index contributed by atoms with van der Waals surface area (Å²) < 4.78 is 11.0. The number of rotatable bonds is 11. The van der Waals surface area contributed by atoms with Crippen molar-refractivity contribution in [3.8, 4) is 5.75 Å². The van der Waals surface area contributed by atoms with Crippen molar-refractivity contribution in [2.24, 2.45) is 0 Å². The number of hydrogen-bond donors (Lipinski definition) is 3. The second-order valence-electron chi connectivity index (χ2n) is 9.75. The van der Waals surface area contributed by atoms with E-state index >= 15 is 0 Å². The lowest BCUT2D eigenvalue weighted by molar-refractivity contribution is -0.116. The van der Waals surface area contributed by atoms with E-state index in [9.17, 15) is 9.59 Å². The zero-order valence-corrected chi connectivity index (χ0v) is 23.2. The molecule has 0 aliphatic carbocycles. The highest BCUT2D eigenvalue weighted by Crippen LogP contribution is 2.29. The first-order valence-electron chi connectivity index (χ1n) is 13.2.